The van der Waals surface area contributed by atoms with E-state index in [1.807, 2.05) is 43.9 Å². The van der Waals surface area contributed by atoms with Crippen LogP contribution in [-0.2, 0) is 5.66 Å². The predicted octanol–water partition coefficient (Wildman–Crippen LogP) is 2.74. The lowest BCUT2D eigenvalue weighted by atomic mass is 10.0. The van der Waals surface area contributed by atoms with Gasteiger partial charge in [-0.1, -0.05) is 6.07 Å². The summed E-state index contributed by atoms with van der Waals surface area (Å²) in [6.07, 6.45) is 0.759. The van der Waals surface area contributed by atoms with Crippen LogP contribution >= 0.6 is 11.3 Å². The highest BCUT2D eigenvalue weighted by molar-refractivity contribution is 7.23. The van der Waals surface area contributed by atoms with Gasteiger partial charge in [-0.2, -0.15) is 0 Å². The van der Waals surface area contributed by atoms with Crippen LogP contribution in [0.15, 0.2) is 29.1 Å². The summed E-state index contributed by atoms with van der Waals surface area (Å²) in [6.45, 7) is 7.66. The second-order valence-electron chi connectivity index (χ2n) is 9.58. The van der Waals surface area contributed by atoms with Crippen LogP contribution in [-0.4, -0.2) is 41.0 Å². The number of benzene rings is 1. The lowest BCUT2D eigenvalue weighted by molar-refractivity contribution is 0.0652. The van der Waals surface area contributed by atoms with E-state index in [-0.39, 0.29) is 23.5 Å². The fraction of sp³-hybridized carbons (Fsp3) is 0.375. The Labute approximate surface area is 200 Å². The molecule has 0 aliphatic carbocycles. The van der Waals surface area contributed by atoms with E-state index in [1.54, 1.807) is 17.4 Å². The van der Waals surface area contributed by atoms with Crippen LogP contribution < -0.4 is 26.8 Å². The zero-order valence-corrected chi connectivity index (χ0v) is 20.1. The molecule has 176 valence electrons. The minimum absolute atomic E-state index is 0.0766. The van der Waals surface area contributed by atoms with E-state index in [9.17, 15) is 14.4 Å². The molecule has 34 heavy (non-hydrogen) atoms. The number of pyridine rings is 1. The van der Waals surface area contributed by atoms with Crippen molar-refractivity contribution in [3.63, 3.8) is 0 Å². The van der Waals surface area contributed by atoms with Crippen molar-refractivity contribution in [2.75, 3.05) is 30.4 Å². The molecule has 1 fully saturated rings. The van der Waals surface area contributed by atoms with E-state index >= 15 is 0 Å². The number of nitrogens with zero attached hydrogens (tertiary/aromatic N) is 2. The van der Waals surface area contributed by atoms with Crippen molar-refractivity contribution < 1.29 is 9.59 Å². The molecule has 4 N–H and O–H groups in total. The summed E-state index contributed by atoms with van der Waals surface area (Å²) in [5.74, 6) is -0.159. The summed E-state index contributed by atoms with van der Waals surface area (Å²) < 4.78 is 2.56. The summed E-state index contributed by atoms with van der Waals surface area (Å²) >= 11 is 1.61. The lowest BCUT2D eigenvalue weighted by Gasteiger charge is -2.31. The van der Waals surface area contributed by atoms with Crippen LogP contribution in [0.2, 0.25) is 0 Å². The molecule has 0 saturated carbocycles. The number of nitrogens with one attached hydrogen (secondary N) is 4. The number of carbonyl (C=O) groups excluding carboxylic acids is 2. The number of aromatic nitrogens is 1. The Morgan fingerprint density at radius 2 is 2.00 bits per heavy atom. The van der Waals surface area contributed by atoms with Crippen LogP contribution in [0.1, 0.15) is 58.4 Å². The van der Waals surface area contributed by atoms with Crippen molar-refractivity contribution in [2.24, 2.45) is 0 Å². The molecule has 5 heterocycles. The lowest BCUT2D eigenvalue weighted by Crippen LogP contribution is -2.43. The molecule has 10 heteroatoms. The van der Waals surface area contributed by atoms with E-state index in [1.165, 1.54) is 4.57 Å². The van der Waals surface area contributed by atoms with Gasteiger partial charge in [0, 0.05) is 34.3 Å². The Balaban J connectivity index is 1.39. The molecule has 2 aromatic heterocycles. The zero-order valence-electron chi connectivity index (χ0n) is 19.2. The first kappa shape index (κ1) is 21.2. The predicted molar refractivity (Wildman–Crippen MR) is 133 cm³/mol. The van der Waals surface area contributed by atoms with Crippen molar-refractivity contribution >= 4 is 43.9 Å². The van der Waals surface area contributed by atoms with Gasteiger partial charge in [-0.3, -0.25) is 24.3 Å². The Hall–Kier alpha value is -3.37. The van der Waals surface area contributed by atoms with Crippen LogP contribution in [0.5, 0.6) is 0 Å². The molecule has 6 rings (SSSR count). The van der Waals surface area contributed by atoms with E-state index < -0.39 is 5.66 Å². The first-order valence-corrected chi connectivity index (χ1v) is 12.3. The molecule has 3 aliphatic heterocycles. The minimum atomic E-state index is -0.798. The first-order chi connectivity index (χ1) is 16.2. The number of thiophene rings is 1. The molecule has 1 atom stereocenters. The normalized spacial score (nSPS) is 20.3. The highest BCUT2D eigenvalue weighted by Crippen LogP contribution is 2.42. The molecule has 2 amide bonds. The van der Waals surface area contributed by atoms with Crippen molar-refractivity contribution in [1.29, 1.82) is 0 Å². The van der Waals surface area contributed by atoms with Gasteiger partial charge in [0.25, 0.3) is 17.4 Å². The maximum atomic E-state index is 13.4. The Morgan fingerprint density at radius 1 is 1.21 bits per heavy atom. The number of aryl methyl sites for hydroxylation is 1. The first-order valence-electron chi connectivity index (χ1n) is 11.4. The number of hydrogen-bond donors (Lipinski definition) is 4. The highest BCUT2D eigenvalue weighted by atomic mass is 32.1. The average Bonchev–Trinajstić information content (AvgIpc) is 3.24. The molecule has 9 nitrogen and oxygen atoms in total. The van der Waals surface area contributed by atoms with Gasteiger partial charge in [0.1, 0.15) is 23.2 Å². The molecular formula is C24H26N6O3S. The molecule has 1 aromatic carbocycles. The minimum Gasteiger partial charge on any atom is -0.364 e. The van der Waals surface area contributed by atoms with Gasteiger partial charge < -0.3 is 20.9 Å². The largest absolute Gasteiger partial charge is 0.364 e. The number of fused-ring (bicyclic) bond motifs is 4. The van der Waals surface area contributed by atoms with E-state index in [4.69, 9.17) is 0 Å². The van der Waals surface area contributed by atoms with Crippen LogP contribution in [0.4, 0.5) is 10.7 Å². The molecule has 3 aliphatic rings. The van der Waals surface area contributed by atoms with Gasteiger partial charge in [-0.05, 0) is 51.0 Å². The second-order valence-corrected chi connectivity index (χ2v) is 10.6. The van der Waals surface area contributed by atoms with Gasteiger partial charge in [-0.25, -0.2) is 0 Å². The van der Waals surface area contributed by atoms with Crippen molar-refractivity contribution in [3.05, 3.63) is 57.0 Å². The molecule has 1 unspecified atom stereocenters. The number of hydrogen-bond acceptors (Lipinski definition) is 7. The fourth-order valence-electron chi connectivity index (χ4n) is 5.04. The Kier molecular flexibility index (Phi) is 4.56. The fourth-order valence-corrected chi connectivity index (χ4v) is 6.21. The average molecular weight is 479 g/mol. The number of rotatable bonds is 3. The van der Waals surface area contributed by atoms with E-state index in [0.29, 0.717) is 23.6 Å². The van der Waals surface area contributed by atoms with Gasteiger partial charge in [0.2, 0.25) is 0 Å². The third-order valence-electron chi connectivity index (χ3n) is 6.85. The molecule has 1 saturated heterocycles. The van der Waals surface area contributed by atoms with Crippen molar-refractivity contribution in [1.82, 2.24) is 20.1 Å². The third-order valence-corrected chi connectivity index (χ3v) is 7.97. The molecule has 0 bridgehead atoms. The summed E-state index contributed by atoms with van der Waals surface area (Å²) in [4.78, 5) is 40.4. The number of carbonyl (C=O) groups is 2. The van der Waals surface area contributed by atoms with E-state index in [0.717, 1.165) is 45.7 Å². The monoisotopic (exact) mass is 478 g/mol. The quantitative estimate of drug-likeness (QED) is 0.461. The second kappa shape index (κ2) is 7.31. The highest BCUT2D eigenvalue weighted by Gasteiger charge is 2.38. The smallest absolute Gasteiger partial charge is 0.276 e. The summed E-state index contributed by atoms with van der Waals surface area (Å²) in [5, 5.41) is 15.1. The SMILES string of the molecule is Cc1cc(NC2NCNc3sc4cc(C(=O)N5CCC5)ccc4c32)c(=O)n2c1C(=O)NC2(C)C. The summed E-state index contributed by atoms with van der Waals surface area (Å²) in [6, 6.07) is 7.59. The van der Waals surface area contributed by atoms with Crippen LogP contribution in [0.25, 0.3) is 10.1 Å². The Morgan fingerprint density at radius 3 is 2.74 bits per heavy atom. The zero-order chi connectivity index (χ0) is 23.8. The summed E-state index contributed by atoms with van der Waals surface area (Å²) in [7, 11) is 0. The van der Waals surface area contributed by atoms with Gasteiger partial charge in [0.05, 0.1) is 11.7 Å². The van der Waals surface area contributed by atoms with Gasteiger partial charge >= 0.3 is 0 Å². The topological polar surface area (TPSA) is 108 Å². The Bertz CT molecular complexity index is 1430. The van der Waals surface area contributed by atoms with Crippen LogP contribution in [0.3, 0.4) is 0 Å². The van der Waals surface area contributed by atoms with E-state index in [2.05, 4.69) is 21.3 Å². The standard InChI is InChI=1S/C24H26N6O3S/c1-12-9-15(23(33)30-18(12)20(31)28-24(30,2)3)27-19-17-14-6-5-13(22(32)29-7-4-8-29)10-16(14)34-21(17)26-11-25-19/h5-6,9-10,19,25-27H,4,7-8,11H2,1-3H3,(H,28,31). The maximum absolute atomic E-state index is 13.4. The number of anilines is 2. The maximum Gasteiger partial charge on any atom is 0.276 e. The van der Waals surface area contributed by atoms with Crippen molar-refractivity contribution in [2.45, 2.75) is 39.0 Å². The third kappa shape index (κ3) is 3.05. The molecule has 0 spiro atoms. The number of likely N-dealkylation sites (tertiary alicyclic amines) is 1. The van der Waals surface area contributed by atoms with Crippen LogP contribution in [0, 0.1) is 6.92 Å². The van der Waals surface area contributed by atoms with Gasteiger partial charge in [-0.15, -0.1) is 11.3 Å². The summed E-state index contributed by atoms with van der Waals surface area (Å²) in [5.41, 5.74) is 2.25. The molecular weight excluding hydrogens is 452 g/mol. The molecule has 0 radical (unpaired) electrons. The van der Waals surface area contributed by atoms with Gasteiger partial charge in [0.15, 0.2) is 0 Å². The van der Waals surface area contributed by atoms with Crippen molar-refractivity contribution in [3.8, 4) is 0 Å². The number of amides is 2. The molecule has 3 aromatic rings.